The summed E-state index contributed by atoms with van der Waals surface area (Å²) in [7, 11) is 2.91. The Hall–Kier alpha value is -2.56. The van der Waals surface area contributed by atoms with Gasteiger partial charge in [0.2, 0.25) is 0 Å². The number of benzene rings is 1. The molecule has 0 aromatic heterocycles. The van der Waals surface area contributed by atoms with E-state index in [0.717, 1.165) is 18.4 Å². The standard InChI is InChI=1S/C19H23NO4/c1-5-6-10-20-13(2)17(19(22)24-4)16(18(20)21)12-14-8-7-9-15(11-14)23-3/h7-9,11-12H,5-6,10H2,1-4H3. The monoisotopic (exact) mass is 329 g/mol. The Balaban J connectivity index is 2.47. The van der Waals surface area contributed by atoms with E-state index in [0.29, 0.717) is 29.1 Å². The summed E-state index contributed by atoms with van der Waals surface area (Å²) in [6.07, 6.45) is 3.57. The highest BCUT2D eigenvalue weighted by atomic mass is 16.5. The first-order chi connectivity index (χ1) is 11.5. The van der Waals surface area contributed by atoms with Gasteiger partial charge in [-0.05, 0) is 37.1 Å². The van der Waals surface area contributed by atoms with Crippen molar-refractivity contribution >= 4 is 18.0 Å². The second kappa shape index (κ2) is 7.81. The van der Waals surface area contributed by atoms with Crippen LogP contribution in [0.1, 0.15) is 32.3 Å². The van der Waals surface area contributed by atoms with Crippen LogP contribution in [0.5, 0.6) is 5.75 Å². The number of rotatable bonds is 6. The van der Waals surface area contributed by atoms with Crippen LogP contribution in [-0.4, -0.2) is 37.5 Å². The summed E-state index contributed by atoms with van der Waals surface area (Å²) in [6, 6.07) is 7.35. The Morgan fingerprint density at radius 3 is 2.67 bits per heavy atom. The first-order valence-corrected chi connectivity index (χ1v) is 8.00. The molecule has 0 radical (unpaired) electrons. The van der Waals surface area contributed by atoms with Crippen molar-refractivity contribution in [1.29, 1.82) is 0 Å². The van der Waals surface area contributed by atoms with E-state index in [4.69, 9.17) is 9.47 Å². The first kappa shape index (κ1) is 17.8. The van der Waals surface area contributed by atoms with Crippen LogP contribution in [0.2, 0.25) is 0 Å². The smallest absolute Gasteiger partial charge is 0.340 e. The van der Waals surface area contributed by atoms with Crippen LogP contribution in [0.3, 0.4) is 0 Å². The number of esters is 1. The van der Waals surface area contributed by atoms with Crippen molar-refractivity contribution in [3.8, 4) is 5.75 Å². The van der Waals surface area contributed by atoms with E-state index in [2.05, 4.69) is 6.92 Å². The van der Waals surface area contributed by atoms with Crippen LogP contribution in [0.4, 0.5) is 0 Å². The molecule has 1 aromatic carbocycles. The summed E-state index contributed by atoms with van der Waals surface area (Å²) >= 11 is 0. The maximum Gasteiger partial charge on any atom is 0.340 e. The van der Waals surface area contributed by atoms with Crippen molar-refractivity contribution in [2.45, 2.75) is 26.7 Å². The quantitative estimate of drug-likeness (QED) is 0.594. The molecule has 1 heterocycles. The molecule has 0 bridgehead atoms. The van der Waals surface area contributed by atoms with Gasteiger partial charge in [0.25, 0.3) is 5.91 Å². The Labute approximate surface area is 142 Å². The lowest BCUT2D eigenvalue weighted by Gasteiger charge is -2.17. The second-order valence-corrected chi connectivity index (χ2v) is 5.60. The Morgan fingerprint density at radius 2 is 2.04 bits per heavy atom. The molecule has 1 aromatic rings. The lowest BCUT2D eigenvalue weighted by Crippen LogP contribution is -2.26. The number of ether oxygens (including phenoxy) is 2. The molecule has 1 aliphatic rings. The summed E-state index contributed by atoms with van der Waals surface area (Å²) in [5.74, 6) is 0.0381. The van der Waals surface area contributed by atoms with E-state index in [1.54, 1.807) is 25.0 Å². The predicted octanol–water partition coefficient (Wildman–Crippen LogP) is 3.17. The summed E-state index contributed by atoms with van der Waals surface area (Å²) in [5.41, 5.74) is 2.14. The van der Waals surface area contributed by atoms with Gasteiger partial charge in [-0.25, -0.2) is 4.79 Å². The van der Waals surface area contributed by atoms with Gasteiger partial charge < -0.3 is 14.4 Å². The third kappa shape index (κ3) is 3.50. The number of amides is 1. The number of unbranched alkanes of at least 4 members (excludes halogenated alkanes) is 1. The van der Waals surface area contributed by atoms with Gasteiger partial charge in [0.05, 0.1) is 25.4 Å². The van der Waals surface area contributed by atoms with Crippen LogP contribution in [0.25, 0.3) is 6.08 Å². The zero-order chi connectivity index (χ0) is 17.7. The number of nitrogens with zero attached hydrogens (tertiary/aromatic N) is 1. The molecule has 128 valence electrons. The molecular weight excluding hydrogens is 306 g/mol. The van der Waals surface area contributed by atoms with Gasteiger partial charge in [-0.1, -0.05) is 25.5 Å². The summed E-state index contributed by atoms with van der Waals surface area (Å²) < 4.78 is 10.1. The van der Waals surface area contributed by atoms with Gasteiger partial charge in [0, 0.05) is 12.2 Å². The third-order valence-electron chi connectivity index (χ3n) is 4.04. The summed E-state index contributed by atoms with van der Waals surface area (Å²) in [5, 5.41) is 0. The van der Waals surface area contributed by atoms with Gasteiger partial charge in [-0.2, -0.15) is 0 Å². The number of hydrogen-bond acceptors (Lipinski definition) is 4. The lowest BCUT2D eigenvalue weighted by molar-refractivity contribution is -0.136. The highest BCUT2D eigenvalue weighted by Crippen LogP contribution is 2.32. The van der Waals surface area contributed by atoms with Gasteiger partial charge in [-0.3, -0.25) is 4.79 Å². The van der Waals surface area contributed by atoms with E-state index in [1.807, 2.05) is 24.3 Å². The zero-order valence-electron chi connectivity index (χ0n) is 14.6. The van der Waals surface area contributed by atoms with Crippen molar-refractivity contribution in [2.75, 3.05) is 20.8 Å². The molecule has 5 nitrogen and oxygen atoms in total. The third-order valence-corrected chi connectivity index (χ3v) is 4.04. The average Bonchev–Trinajstić information content (AvgIpc) is 2.83. The maximum atomic E-state index is 12.8. The van der Waals surface area contributed by atoms with Gasteiger partial charge in [0.1, 0.15) is 5.75 Å². The number of allylic oxidation sites excluding steroid dienone is 1. The highest BCUT2D eigenvalue weighted by molar-refractivity contribution is 6.16. The second-order valence-electron chi connectivity index (χ2n) is 5.60. The van der Waals surface area contributed by atoms with E-state index in [-0.39, 0.29) is 5.91 Å². The van der Waals surface area contributed by atoms with E-state index >= 15 is 0 Å². The Bertz CT molecular complexity index is 703. The van der Waals surface area contributed by atoms with Crippen molar-refractivity contribution in [3.63, 3.8) is 0 Å². The molecular formula is C19H23NO4. The molecule has 2 rings (SSSR count). The zero-order valence-corrected chi connectivity index (χ0v) is 14.6. The minimum atomic E-state index is -0.492. The highest BCUT2D eigenvalue weighted by Gasteiger charge is 2.36. The van der Waals surface area contributed by atoms with Crippen LogP contribution < -0.4 is 4.74 Å². The fourth-order valence-electron chi connectivity index (χ4n) is 2.71. The van der Waals surface area contributed by atoms with Crippen LogP contribution in [0, 0.1) is 0 Å². The largest absolute Gasteiger partial charge is 0.497 e. The van der Waals surface area contributed by atoms with E-state index in [9.17, 15) is 9.59 Å². The van der Waals surface area contributed by atoms with Crippen molar-refractivity contribution < 1.29 is 19.1 Å². The van der Waals surface area contributed by atoms with Gasteiger partial charge in [0.15, 0.2) is 0 Å². The number of methoxy groups -OCH3 is 2. The molecule has 0 unspecified atom stereocenters. The molecule has 24 heavy (non-hydrogen) atoms. The predicted molar refractivity (Wildman–Crippen MR) is 92.3 cm³/mol. The van der Waals surface area contributed by atoms with Crippen molar-refractivity contribution in [1.82, 2.24) is 4.90 Å². The molecule has 0 aliphatic carbocycles. The van der Waals surface area contributed by atoms with Crippen molar-refractivity contribution in [3.05, 3.63) is 46.7 Å². The molecule has 0 spiro atoms. The van der Waals surface area contributed by atoms with Crippen LogP contribution in [-0.2, 0) is 14.3 Å². The molecule has 1 aliphatic heterocycles. The van der Waals surface area contributed by atoms with Crippen molar-refractivity contribution in [2.24, 2.45) is 0 Å². The summed E-state index contributed by atoms with van der Waals surface area (Å²) in [6.45, 7) is 4.44. The van der Waals surface area contributed by atoms with Crippen LogP contribution >= 0.6 is 0 Å². The average molecular weight is 329 g/mol. The Kier molecular flexibility index (Phi) is 5.79. The van der Waals surface area contributed by atoms with E-state index in [1.165, 1.54) is 7.11 Å². The van der Waals surface area contributed by atoms with Crippen LogP contribution in [0.15, 0.2) is 41.1 Å². The fourth-order valence-corrected chi connectivity index (χ4v) is 2.71. The molecule has 0 atom stereocenters. The van der Waals surface area contributed by atoms with Gasteiger partial charge >= 0.3 is 5.97 Å². The summed E-state index contributed by atoms with van der Waals surface area (Å²) in [4.78, 5) is 26.6. The molecule has 0 saturated carbocycles. The number of hydrogen-bond donors (Lipinski definition) is 0. The lowest BCUT2D eigenvalue weighted by atomic mass is 10.0. The molecule has 0 fully saturated rings. The molecule has 0 saturated heterocycles. The fraction of sp³-hybridized carbons (Fsp3) is 0.368. The topological polar surface area (TPSA) is 55.8 Å². The maximum absolute atomic E-state index is 12.8. The number of carbonyl (C=O) groups is 2. The minimum absolute atomic E-state index is 0.163. The number of carbonyl (C=O) groups excluding carboxylic acids is 2. The molecule has 1 amide bonds. The van der Waals surface area contributed by atoms with E-state index < -0.39 is 5.97 Å². The minimum Gasteiger partial charge on any atom is -0.497 e. The Morgan fingerprint density at radius 1 is 1.29 bits per heavy atom. The molecule has 0 N–H and O–H groups in total. The molecule has 5 heteroatoms. The normalized spacial score (nSPS) is 16.1. The van der Waals surface area contributed by atoms with Gasteiger partial charge in [-0.15, -0.1) is 0 Å². The first-order valence-electron chi connectivity index (χ1n) is 8.00. The SMILES string of the molecule is CCCCN1C(=O)C(=Cc2cccc(OC)c2)C(C(=O)OC)=C1C.